The number of nitrogens with zero attached hydrogens (tertiary/aromatic N) is 5. The number of nitrogens with one attached hydrogen (secondary N) is 1. The number of aromatic nitrogens is 3. The molecule has 7 heteroatoms. The van der Waals surface area contributed by atoms with Crippen LogP contribution in [0.4, 0.5) is 0 Å². The monoisotopic (exact) mass is 440 g/mol. The van der Waals surface area contributed by atoms with E-state index in [4.69, 9.17) is 0 Å². The molecule has 0 aliphatic carbocycles. The zero-order valence-corrected chi connectivity index (χ0v) is 18.8. The first kappa shape index (κ1) is 21.3. The Balaban J connectivity index is 1.41. The first-order chi connectivity index (χ1) is 16.2. The van der Waals surface area contributed by atoms with E-state index in [0.717, 1.165) is 49.5 Å². The summed E-state index contributed by atoms with van der Waals surface area (Å²) in [5.74, 6) is -0.161. The van der Waals surface area contributed by atoms with Gasteiger partial charge in [0, 0.05) is 44.5 Å². The van der Waals surface area contributed by atoms with Crippen molar-refractivity contribution >= 4 is 11.6 Å². The molecule has 168 valence electrons. The molecule has 2 aromatic heterocycles. The summed E-state index contributed by atoms with van der Waals surface area (Å²) in [7, 11) is 2.15. The van der Waals surface area contributed by atoms with Gasteiger partial charge in [-0.25, -0.2) is 9.50 Å². The third kappa shape index (κ3) is 4.65. The summed E-state index contributed by atoms with van der Waals surface area (Å²) in [6.07, 6.45) is 3.34. The van der Waals surface area contributed by atoms with Crippen LogP contribution in [0.5, 0.6) is 0 Å². The predicted molar refractivity (Wildman–Crippen MR) is 129 cm³/mol. The molecule has 2 aromatic carbocycles. The number of benzene rings is 2. The number of hydrogen-bond donors (Lipinski definition) is 1. The van der Waals surface area contributed by atoms with Crippen molar-refractivity contribution in [3.8, 4) is 11.3 Å². The lowest BCUT2D eigenvalue weighted by Gasteiger charge is -2.35. The van der Waals surface area contributed by atoms with Crippen LogP contribution in [0.1, 0.15) is 22.0 Å². The third-order valence-electron chi connectivity index (χ3n) is 6.26. The standard InChI is InChI=1S/C26H28N6O/c1-30-14-16-31(17-15-30)19-23(20-8-4-2-5-9-20)29-26(33)22-18-28-32-24(12-13-27-25(22)32)21-10-6-3-7-11-21/h2-13,18,23H,14-17,19H2,1H3,(H,29,33). The minimum atomic E-state index is -0.161. The maximum Gasteiger partial charge on any atom is 0.257 e. The van der Waals surface area contributed by atoms with Crippen molar-refractivity contribution in [3.63, 3.8) is 0 Å². The van der Waals surface area contributed by atoms with Crippen molar-refractivity contribution in [2.75, 3.05) is 39.8 Å². The molecular formula is C26H28N6O. The van der Waals surface area contributed by atoms with Crippen LogP contribution in [0.15, 0.2) is 79.1 Å². The molecule has 0 radical (unpaired) electrons. The Kier molecular flexibility index (Phi) is 6.15. The minimum Gasteiger partial charge on any atom is -0.344 e. The smallest absolute Gasteiger partial charge is 0.257 e. The van der Waals surface area contributed by atoms with E-state index < -0.39 is 0 Å². The molecular weight excluding hydrogens is 412 g/mol. The zero-order valence-electron chi connectivity index (χ0n) is 18.8. The lowest BCUT2D eigenvalue weighted by Crippen LogP contribution is -2.47. The maximum atomic E-state index is 13.4. The van der Waals surface area contributed by atoms with Gasteiger partial charge in [-0.3, -0.25) is 9.69 Å². The summed E-state index contributed by atoms with van der Waals surface area (Å²) < 4.78 is 1.74. The Bertz CT molecular complexity index is 1220. The van der Waals surface area contributed by atoms with Crippen LogP contribution < -0.4 is 5.32 Å². The summed E-state index contributed by atoms with van der Waals surface area (Å²) in [5.41, 5.74) is 4.06. The van der Waals surface area contributed by atoms with Gasteiger partial charge in [-0.1, -0.05) is 60.7 Å². The van der Waals surface area contributed by atoms with Crippen LogP contribution >= 0.6 is 0 Å². The Morgan fingerprint density at radius 1 is 0.970 bits per heavy atom. The number of carbonyl (C=O) groups is 1. The van der Waals surface area contributed by atoms with E-state index in [0.29, 0.717) is 11.2 Å². The maximum absolute atomic E-state index is 13.4. The van der Waals surface area contributed by atoms with Gasteiger partial charge >= 0.3 is 0 Å². The van der Waals surface area contributed by atoms with Gasteiger partial charge in [-0.2, -0.15) is 5.10 Å². The fraction of sp³-hybridized carbons (Fsp3) is 0.269. The number of carbonyl (C=O) groups excluding carboxylic acids is 1. The van der Waals surface area contributed by atoms with E-state index in [2.05, 4.69) is 44.4 Å². The average molecular weight is 441 g/mol. The quantitative estimate of drug-likeness (QED) is 0.499. The lowest BCUT2D eigenvalue weighted by molar-refractivity contribution is 0.0908. The van der Waals surface area contributed by atoms with Crippen molar-refractivity contribution < 1.29 is 4.79 Å². The van der Waals surface area contributed by atoms with Crippen LogP contribution in [-0.2, 0) is 0 Å². The summed E-state index contributed by atoms with van der Waals surface area (Å²) in [6.45, 7) is 4.83. The van der Waals surface area contributed by atoms with Crippen LogP contribution in [0.25, 0.3) is 16.9 Å². The van der Waals surface area contributed by atoms with Crippen LogP contribution in [0.3, 0.4) is 0 Å². The molecule has 1 amide bonds. The van der Waals surface area contributed by atoms with Crippen LogP contribution in [-0.4, -0.2) is 70.1 Å². The molecule has 1 unspecified atom stereocenters. The van der Waals surface area contributed by atoms with E-state index in [9.17, 15) is 4.79 Å². The van der Waals surface area contributed by atoms with Crippen LogP contribution in [0.2, 0.25) is 0 Å². The van der Waals surface area contributed by atoms with Gasteiger partial charge in [0.25, 0.3) is 5.91 Å². The Morgan fingerprint density at radius 2 is 1.67 bits per heavy atom. The third-order valence-corrected chi connectivity index (χ3v) is 6.26. The van der Waals surface area contributed by atoms with Crippen molar-refractivity contribution in [2.45, 2.75) is 6.04 Å². The molecule has 0 saturated carbocycles. The van der Waals surface area contributed by atoms with Gasteiger partial charge < -0.3 is 10.2 Å². The highest BCUT2D eigenvalue weighted by molar-refractivity contribution is 6.00. The minimum absolute atomic E-state index is 0.116. The highest BCUT2D eigenvalue weighted by atomic mass is 16.1. The number of fused-ring (bicyclic) bond motifs is 1. The molecule has 0 spiro atoms. The summed E-state index contributed by atoms with van der Waals surface area (Å²) in [6, 6.07) is 22.0. The molecule has 5 rings (SSSR count). The largest absolute Gasteiger partial charge is 0.344 e. The molecule has 1 atom stereocenters. The number of piperazine rings is 1. The Hall–Kier alpha value is -3.55. The predicted octanol–water partition coefficient (Wildman–Crippen LogP) is 3.11. The molecule has 1 fully saturated rings. The first-order valence-corrected chi connectivity index (χ1v) is 11.3. The van der Waals surface area contributed by atoms with Gasteiger partial charge in [0.1, 0.15) is 5.56 Å². The second-order valence-electron chi connectivity index (χ2n) is 8.53. The normalized spacial score (nSPS) is 16.0. The zero-order chi connectivity index (χ0) is 22.6. The Labute approximate surface area is 193 Å². The van der Waals surface area contributed by atoms with E-state index in [1.54, 1.807) is 16.9 Å². The molecule has 3 heterocycles. The summed E-state index contributed by atoms with van der Waals surface area (Å²) in [5, 5.41) is 7.76. The molecule has 1 saturated heterocycles. The SMILES string of the molecule is CN1CCN(CC(NC(=O)c2cnn3c(-c4ccccc4)ccnc23)c2ccccc2)CC1. The lowest BCUT2D eigenvalue weighted by atomic mass is 10.1. The average Bonchev–Trinajstić information content (AvgIpc) is 3.30. The molecule has 7 nitrogen and oxygen atoms in total. The fourth-order valence-corrected chi connectivity index (χ4v) is 4.32. The van der Waals surface area contributed by atoms with Gasteiger partial charge in [-0.15, -0.1) is 0 Å². The summed E-state index contributed by atoms with van der Waals surface area (Å²) >= 11 is 0. The van der Waals surface area contributed by atoms with Crippen molar-refractivity contribution in [3.05, 3.63) is 90.3 Å². The molecule has 1 aliphatic heterocycles. The Morgan fingerprint density at radius 3 is 2.39 bits per heavy atom. The summed E-state index contributed by atoms with van der Waals surface area (Å²) in [4.78, 5) is 22.6. The van der Waals surface area contributed by atoms with Crippen LogP contribution in [0, 0.1) is 0 Å². The van der Waals surface area contributed by atoms with Gasteiger partial charge in [0.2, 0.25) is 0 Å². The van der Waals surface area contributed by atoms with Crippen molar-refractivity contribution in [1.29, 1.82) is 0 Å². The number of amides is 1. The van der Waals surface area contributed by atoms with E-state index in [1.807, 2.05) is 54.6 Å². The van der Waals surface area contributed by atoms with Gasteiger partial charge in [0.15, 0.2) is 5.65 Å². The topological polar surface area (TPSA) is 65.8 Å². The highest BCUT2D eigenvalue weighted by Crippen LogP contribution is 2.22. The van der Waals surface area contributed by atoms with Crippen molar-refractivity contribution in [1.82, 2.24) is 29.7 Å². The molecule has 0 bridgehead atoms. The van der Waals surface area contributed by atoms with Gasteiger partial charge in [-0.05, 0) is 18.7 Å². The molecule has 1 aliphatic rings. The number of hydrogen-bond acceptors (Lipinski definition) is 5. The second-order valence-corrected chi connectivity index (χ2v) is 8.53. The molecule has 33 heavy (non-hydrogen) atoms. The van der Waals surface area contributed by atoms with E-state index in [-0.39, 0.29) is 11.9 Å². The number of rotatable bonds is 6. The second kappa shape index (κ2) is 9.52. The van der Waals surface area contributed by atoms with Gasteiger partial charge in [0.05, 0.1) is 17.9 Å². The van der Waals surface area contributed by atoms with E-state index >= 15 is 0 Å². The first-order valence-electron chi connectivity index (χ1n) is 11.3. The number of likely N-dealkylation sites (N-methyl/N-ethyl adjacent to an activating group) is 1. The molecule has 1 N–H and O–H groups in total. The molecule has 4 aromatic rings. The highest BCUT2D eigenvalue weighted by Gasteiger charge is 2.24. The fourth-order valence-electron chi connectivity index (χ4n) is 4.32. The van der Waals surface area contributed by atoms with Crippen molar-refractivity contribution in [2.24, 2.45) is 0 Å². The van der Waals surface area contributed by atoms with E-state index in [1.165, 1.54) is 0 Å².